The molecule has 0 aliphatic carbocycles. The third kappa shape index (κ3) is 4.71. The van der Waals surface area contributed by atoms with Gasteiger partial charge < -0.3 is 11.1 Å². The van der Waals surface area contributed by atoms with Gasteiger partial charge in [0.05, 0.1) is 5.92 Å². The number of carbonyl (C=O) groups excluding carboxylic acids is 1. The molecule has 17 heavy (non-hydrogen) atoms. The van der Waals surface area contributed by atoms with E-state index in [1.54, 1.807) is 18.3 Å². The average Bonchev–Trinajstić information content (AvgIpc) is 2.25. The lowest BCUT2D eigenvalue weighted by molar-refractivity contribution is -0.120. The highest BCUT2D eigenvalue weighted by molar-refractivity contribution is 6.29. The van der Waals surface area contributed by atoms with Crippen LogP contribution in [0.3, 0.4) is 0 Å². The third-order valence-electron chi connectivity index (χ3n) is 2.41. The van der Waals surface area contributed by atoms with Crippen LogP contribution in [0.25, 0.3) is 0 Å². The molecular formula is C12H18ClN3O. The van der Waals surface area contributed by atoms with E-state index in [9.17, 15) is 4.79 Å². The summed E-state index contributed by atoms with van der Waals surface area (Å²) in [5.74, 6) is 0.209. The van der Waals surface area contributed by atoms with E-state index in [4.69, 9.17) is 17.3 Å². The third-order valence-corrected chi connectivity index (χ3v) is 2.61. The first-order valence-corrected chi connectivity index (χ1v) is 6.03. The molecule has 0 saturated heterocycles. The van der Waals surface area contributed by atoms with Crippen molar-refractivity contribution in [3.8, 4) is 0 Å². The monoisotopic (exact) mass is 255 g/mol. The first-order valence-electron chi connectivity index (χ1n) is 5.65. The Kier molecular flexibility index (Phi) is 5.38. The van der Waals surface area contributed by atoms with E-state index >= 15 is 0 Å². The first-order chi connectivity index (χ1) is 8.02. The van der Waals surface area contributed by atoms with E-state index in [0.29, 0.717) is 23.3 Å². The molecule has 1 aromatic heterocycles. The summed E-state index contributed by atoms with van der Waals surface area (Å²) in [6, 6.07) is 3.31. The Hall–Kier alpha value is -1.13. The summed E-state index contributed by atoms with van der Waals surface area (Å²) in [7, 11) is 0. The van der Waals surface area contributed by atoms with E-state index in [-0.39, 0.29) is 11.8 Å². The van der Waals surface area contributed by atoms with Gasteiger partial charge in [-0.15, -0.1) is 0 Å². The second-order valence-electron chi connectivity index (χ2n) is 4.42. The molecule has 5 heteroatoms. The molecule has 0 bridgehead atoms. The van der Waals surface area contributed by atoms with Crippen molar-refractivity contribution in [3.63, 3.8) is 0 Å². The maximum absolute atomic E-state index is 11.9. The van der Waals surface area contributed by atoms with Gasteiger partial charge in [0.1, 0.15) is 5.15 Å². The number of anilines is 1. The first kappa shape index (κ1) is 13.9. The molecule has 3 N–H and O–H groups in total. The van der Waals surface area contributed by atoms with Crippen LogP contribution in [0.4, 0.5) is 5.69 Å². The zero-order valence-corrected chi connectivity index (χ0v) is 10.9. The number of nitrogens with zero attached hydrogens (tertiary/aromatic N) is 1. The quantitative estimate of drug-likeness (QED) is 0.794. The fourth-order valence-corrected chi connectivity index (χ4v) is 1.78. The lowest BCUT2D eigenvalue weighted by atomic mass is 9.96. The van der Waals surface area contributed by atoms with Gasteiger partial charge in [0.25, 0.3) is 0 Å². The van der Waals surface area contributed by atoms with Gasteiger partial charge in [-0.25, -0.2) is 4.98 Å². The van der Waals surface area contributed by atoms with Crippen LogP contribution < -0.4 is 11.1 Å². The molecule has 1 unspecified atom stereocenters. The van der Waals surface area contributed by atoms with Crippen molar-refractivity contribution in [2.45, 2.75) is 20.3 Å². The average molecular weight is 256 g/mol. The summed E-state index contributed by atoms with van der Waals surface area (Å²) in [4.78, 5) is 15.8. The van der Waals surface area contributed by atoms with Crippen molar-refractivity contribution < 1.29 is 4.79 Å². The minimum absolute atomic E-state index is 0.0662. The lowest BCUT2D eigenvalue weighted by Crippen LogP contribution is -2.30. The molecule has 0 fully saturated rings. The summed E-state index contributed by atoms with van der Waals surface area (Å²) >= 11 is 5.74. The van der Waals surface area contributed by atoms with Crippen LogP contribution >= 0.6 is 11.6 Å². The number of halogens is 1. The molecule has 1 heterocycles. The number of nitrogens with two attached hydrogens (primary N) is 1. The van der Waals surface area contributed by atoms with Gasteiger partial charge in [0, 0.05) is 18.4 Å². The highest BCUT2D eigenvalue weighted by atomic mass is 35.5. The molecule has 94 valence electrons. The Bertz CT molecular complexity index is 382. The minimum atomic E-state index is -0.165. The SMILES string of the molecule is CC(C)CC(CN)C(=O)Nc1ccnc(Cl)c1. The molecule has 0 radical (unpaired) electrons. The Morgan fingerprint density at radius 3 is 2.82 bits per heavy atom. The van der Waals surface area contributed by atoms with Gasteiger partial charge >= 0.3 is 0 Å². The number of hydrogen-bond acceptors (Lipinski definition) is 3. The normalized spacial score (nSPS) is 12.5. The largest absolute Gasteiger partial charge is 0.330 e. The highest BCUT2D eigenvalue weighted by Crippen LogP contribution is 2.16. The van der Waals surface area contributed by atoms with Crippen molar-refractivity contribution >= 4 is 23.2 Å². The fraction of sp³-hybridized carbons (Fsp3) is 0.500. The molecule has 0 aromatic carbocycles. The Morgan fingerprint density at radius 1 is 1.59 bits per heavy atom. The van der Waals surface area contributed by atoms with E-state index < -0.39 is 0 Å². The van der Waals surface area contributed by atoms with Crippen LogP contribution in [0, 0.1) is 11.8 Å². The standard InChI is InChI=1S/C12H18ClN3O/c1-8(2)5-9(7-14)12(17)16-10-3-4-15-11(13)6-10/h3-4,6,8-9H,5,7,14H2,1-2H3,(H,15,16,17). The molecular weight excluding hydrogens is 238 g/mol. The molecule has 0 saturated carbocycles. The molecule has 1 atom stereocenters. The summed E-state index contributed by atoms with van der Waals surface area (Å²) in [5.41, 5.74) is 6.26. The molecule has 4 nitrogen and oxygen atoms in total. The fourth-order valence-electron chi connectivity index (χ4n) is 1.60. The van der Waals surface area contributed by atoms with Gasteiger partial charge in [0.15, 0.2) is 0 Å². The van der Waals surface area contributed by atoms with Crippen molar-refractivity contribution in [1.29, 1.82) is 0 Å². The summed E-state index contributed by atoms with van der Waals surface area (Å²) in [6.07, 6.45) is 2.33. The number of nitrogens with one attached hydrogen (secondary N) is 1. The van der Waals surface area contributed by atoms with Crippen LogP contribution in [0.2, 0.25) is 5.15 Å². The number of rotatable bonds is 5. The predicted octanol–water partition coefficient (Wildman–Crippen LogP) is 2.29. The van der Waals surface area contributed by atoms with E-state index in [2.05, 4.69) is 24.1 Å². The van der Waals surface area contributed by atoms with Crippen LogP contribution in [0.15, 0.2) is 18.3 Å². The van der Waals surface area contributed by atoms with Crippen LogP contribution in [0.5, 0.6) is 0 Å². The number of amides is 1. The van der Waals surface area contributed by atoms with E-state index in [1.165, 1.54) is 0 Å². The molecule has 1 rings (SSSR count). The van der Waals surface area contributed by atoms with Crippen molar-refractivity contribution in [2.75, 3.05) is 11.9 Å². The van der Waals surface area contributed by atoms with Crippen molar-refractivity contribution in [1.82, 2.24) is 4.98 Å². The topological polar surface area (TPSA) is 68.0 Å². The molecule has 0 aliphatic rings. The maximum atomic E-state index is 11.9. The van der Waals surface area contributed by atoms with Gasteiger partial charge in [0.2, 0.25) is 5.91 Å². The van der Waals surface area contributed by atoms with E-state index in [0.717, 1.165) is 6.42 Å². The number of pyridine rings is 1. The van der Waals surface area contributed by atoms with Crippen molar-refractivity contribution in [3.05, 3.63) is 23.5 Å². The minimum Gasteiger partial charge on any atom is -0.330 e. The van der Waals surface area contributed by atoms with Gasteiger partial charge in [-0.2, -0.15) is 0 Å². The summed E-state index contributed by atoms with van der Waals surface area (Å²) in [5, 5.41) is 3.15. The van der Waals surface area contributed by atoms with Crippen LogP contribution in [-0.4, -0.2) is 17.4 Å². The number of hydrogen-bond donors (Lipinski definition) is 2. The maximum Gasteiger partial charge on any atom is 0.228 e. The van der Waals surface area contributed by atoms with Gasteiger partial charge in [-0.05, 0) is 24.5 Å². The Morgan fingerprint density at radius 2 is 2.29 bits per heavy atom. The molecule has 1 aromatic rings. The zero-order valence-electron chi connectivity index (χ0n) is 10.1. The van der Waals surface area contributed by atoms with Crippen LogP contribution in [0.1, 0.15) is 20.3 Å². The van der Waals surface area contributed by atoms with Gasteiger partial charge in [-0.1, -0.05) is 25.4 Å². The lowest BCUT2D eigenvalue weighted by Gasteiger charge is -2.16. The zero-order chi connectivity index (χ0) is 12.8. The number of carbonyl (C=O) groups is 1. The Balaban J connectivity index is 2.64. The van der Waals surface area contributed by atoms with E-state index in [1.807, 2.05) is 0 Å². The summed E-state index contributed by atoms with van der Waals surface area (Å²) in [6.45, 7) is 4.49. The second-order valence-corrected chi connectivity index (χ2v) is 4.81. The summed E-state index contributed by atoms with van der Waals surface area (Å²) < 4.78 is 0. The van der Waals surface area contributed by atoms with Gasteiger partial charge in [-0.3, -0.25) is 4.79 Å². The smallest absolute Gasteiger partial charge is 0.228 e. The van der Waals surface area contributed by atoms with Crippen molar-refractivity contribution in [2.24, 2.45) is 17.6 Å². The predicted molar refractivity (Wildman–Crippen MR) is 69.9 cm³/mol. The van der Waals surface area contributed by atoms with Crippen LogP contribution in [-0.2, 0) is 4.79 Å². The Labute approximate surface area is 107 Å². The highest BCUT2D eigenvalue weighted by Gasteiger charge is 2.18. The number of aromatic nitrogens is 1. The molecule has 1 amide bonds. The second kappa shape index (κ2) is 6.57. The molecule has 0 spiro atoms. The molecule has 0 aliphatic heterocycles.